The van der Waals surface area contributed by atoms with Gasteiger partial charge in [-0.25, -0.2) is 9.97 Å². The average Bonchev–Trinajstić information content (AvgIpc) is 2.83. The maximum Gasteiger partial charge on any atom is 0.256 e. The van der Waals surface area contributed by atoms with E-state index in [9.17, 15) is 4.79 Å². The fraction of sp³-hybridized carbons (Fsp3) is 0.706. The molecule has 1 amide bonds. The van der Waals surface area contributed by atoms with Crippen LogP contribution in [0.4, 0.5) is 5.95 Å². The summed E-state index contributed by atoms with van der Waals surface area (Å²) in [7, 11) is 0. The number of hydrogen-bond acceptors (Lipinski definition) is 4. The summed E-state index contributed by atoms with van der Waals surface area (Å²) in [6, 6.07) is 0. The van der Waals surface area contributed by atoms with E-state index in [0.29, 0.717) is 5.56 Å². The van der Waals surface area contributed by atoms with E-state index in [4.69, 9.17) is 0 Å². The van der Waals surface area contributed by atoms with Crippen molar-refractivity contribution in [2.45, 2.75) is 52.4 Å². The molecule has 0 saturated carbocycles. The first-order valence-corrected chi connectivity index (χ1v) is 8.62. The van der Waals surface area contributed by atoms with Crippen LogP contribution in [-0.4, -0.2) is 47.0 Å². The number of hydrogen-bond donors (Lipinski definition) is 0. The number of rotatable bonds is 6. The second kappa shape index (κ2) is 8.71. The average molecular weight is 304 g/mol. The Morgan fingerprint density at radius 1 is 1.05 bits per heavy atom. The molecule has 1 fully saturated rings. The van der Waals surface area contributed by atoms with Gasteiger partial charge in [-0.3, -0.25) is 4.79 Å². The second-order valence-corrected chi connectivity index (χ2v) is 5.97. The molecule has 1 aromatic rings. The molecule has 2 heterocycles. The first-order chi connectivity index (χ1) is 10.8. The smallest absolute Gasteiger partial charge is 0.256 e. The number of carbonyl (C=O) groups excluding carboxylic acids is 1. The van der Waals surface area contributed by atoms with Crippen molar-refractivity contribution in [2.75, 3.05) is 31.1 Å². The van der Waals surface area contributed by atoms with Crippen LogP contribution in [0.5, 0.6) is 0 Å². The van der Waals surface area contributed by atoms with Crippen LogP contribution in [0.2, 0.25) is 0 Å². The number of anilines is 1. The molecule has 0 spiro atoms. The largest absolute Gasteiger partial charge is 0.341 e. The van der Waals surface area contributed by atoms with Gasteiger partial charge >= 0.3 is 0 Å². The molecule has 0 aromatic carbocycles. The third kappa shape index (κ3) is 4.42. The third-order valence-corrected chi connectivity index (χ3v) is 4.05. The van der Waals surface area contributed by atoms with Gasteiger partial charge in [0.2, 0.25) is 5.95 Å². The monoisotopic (exact) mass is 304 g/mol. The molecule has 5 nitrogen and oxygen atoms in total. The van der Waals surface area contributed by atoms with Gasteiger partial charge in [-0.2, -0.15) is 0 Å². The second-order valence-electron chi connectivity index (χ2n) is 5.97. The minimum absolute atomic E-state index is 0.0750. The lowest BCUT2D eigenvalue weighted by atomic mass is 10.2. The maximum atomic E-state index is 12.5. The van der Waals surface area contributed by atoms with Crippen LogP contribution in [0, 0.1) is 0 Å². The summed E-state index contributed by atoms with van der Waals surface area (Å²) in [6.07, 6.45) is 10.2. The summed E-state index contributed by atoms with van der Waals surface area (Å²) in [4.78, 5) is 25.5. The zero-order valence-electron chi connectivity index (χ0n) is 13.9. The van der Waals surface area contributed by atoms with Gasteiger partial charge in [0.05, 0.1) is 5.56 Å². The van der Waals surface area contributed by atoms with Gasteiger partial charge in [0.1, 0.15) is 0 Å². The minimum atomic E-state index is 0.0750. The Labute approximate surface area is 133 Å². The van der Waals surface area contributed by atoms with Crippen LogP contribution in [0.15, 0.2) is 12.4 Å². The van der Waals surface area contributed by atoms with Crippen LogP contribution >= 0.6 is 0 Å². The van der Waals surface area contributed by atoms with E-state index in [1.54, 1.807) is 12.4 Å². The van der Waals surface area contributed by atoms with Crippen molar-refractivity contribution >= 4 is 11.9 Å². The molecule has 0 atom stereocenters. The Bertz CT molecular complexity index is 446. The molecule has 5 heteroatoms. The zero-order valence-corrected chi connectivity index (χ0v) is 13.9. The number of aromatic nitrogens is 2. The highest BCUT2D eigenvalue weighted by Gasteiger charge is 2.18. The highest BCUT2D eigenvalue weighted by Crippen LogP contribution is 2.14. The fourth-order valence-corrected chi connectivity index (χ4v) is 2.90. The molecule has 122 valence electrons. The molecular formula is C17H28N4O. The normalized spacial score (nSPS) is 15.5. The quantitative estimate of drug-likeness (QED) is 0.810. The van der Waals surface area contributed by atoms with Gasteiger partial charge in [-0.15, -0.1) is 0 Å². The van der Waals surface area contributed by atoms with E-state index in [2.05, 4.69) is 28.7 Å². The molecule has 22 heavy (non-hydrogen) atoms. The molecule has 0 bridgehead atoms. The van der Waals surface area contributed by atoms with Gasteiger partial charge in [-0.05, 0) is 25.7 Å². The molecule has 0 radical (unpaired) electrons. The lowest BCUT2D eigenvalue weighted by molar-refractivity contribution is 0.0761. The summed E-state index contributed by atoms with van der Waals surface area (Å²) in [5.41, 5.74) is 0.610. The molecule has 1 aromatic heterocycles. The minimum Gasteiger partial charge on any atom is -0.341 e. The van der Waals surface area contributed by atoms with Crippen molar-refractivity contribution in [3.8, 4) is 0 Å². The van der Waals surface area contributed by atoms with Crippen molar-refractivity contribution in [3.05, 3.63) is 18.0 Å². The lowest BCUT2D eigenvalue weighted by Crippen LogP contribution is -2.32. The molecule has 2 rings (SSSR count). The molecule has 0 aliphatic carbocycles. The van der Waals surface area contributed by atoms with Crippen molar-refractivity contribution in [1.82, 2.24) is 14.9 Å². The molecule has 0 unspecified atom stereocenters. The number of nitrogens with zero attached hydrogens (tertiary/aromatic N) is 4. The zero-order chi connectivity index (χ0) is 15.8. The van der Waals surface area contributed by atoms with Crippen molar-refractivity contribution in [1.29, 1.82) is 0 Å². The van der Waals surface area contributed by atoms with E-state index in [-0.39, 0.29) is 5.91 Å². The number of amides is 1. The van der Waals surface area contributed by atoms with Gasteiger partial charge in [0, 0.05) is 38.6 Å². The molecule has 1 saturated heterocycles. The van der Waals surface area contributed by atoms with Crippen LogP contribution in [0.3, 0.4) is 0 Å². The summed E-state index contributed by atoms with van der Waals surface area (Å²) in [5.74, 6) is 0.807. The van der Waals surface area contributed by atoms with Gasteiger partial charge in [0.15, 0.2) is 0 Å². The maximum absolute atomic E-state index is 12.5. The third-order valence-electron chi connectivity index (χ3n) is 4.05. The molecule has 1 aliphatic rings. The first kappa shape index (κ1) is 16.7. The number of carbonyl (C=O) groups is 1. The van der Waals surface area contributed by atoms with Crippen molar-refractivity contribution < 1.29 is 4.79 Å². The van der Waals surface area contributed by atoms with E-state index >= 15 is 0 Å². The summed E-state index contributed by atoms with van der Waals surface area (Å²) < 4.78 is 0. The lowest BCUT2D eigenvalue weighted by Gasteiger charge is -2.22. The Balaban J connectivity index is 2.04. The van der Waals surface area contributed by atoms with E-state index in [1.165, 1.54) is 12.8 Å². The van der Waals surface area contributed by atoms with E-state index < -0.39 is 0 Å². The van der Waals surface area contributed by atoms with E-state index in [0.717, 1.165) is 57.8 Å². The van der Waals surface area contributed by atoms with Crippen LogP contribution in [0.25, 0.3) is 0 Å². The van der Waals surface area contributed by atoms with Gasteiger partial charge in [-0.1, -0.05) is 26.7 Å². The van der Waals surface area contributed by atoms with Gasteiger partial charge < -0.3 is 9.80 Å². The van der Waals surface area contributed by atoms with Crippen LogP contribution in [-0.2, 0) is 0 Å². The Morgan fingerprint density at radius 2 is 1.59 bits per heavy atom. The summed E-state index contributed by atoms with van der Waals surface area (Å²) >= 11 is 0. The van der Waals surface area contributed by atoms with Crippen molar-refractivity contribution in [2.24, 2.45) is 0 Å². The molecule has 0 N–H and O–H groups in total. The van der Waals surface area contributed by atoms with Gasteiger partial charge in [0.25, 0.3) is 5.91 Å². The van der Waals surface area contributed by atoms with E-state index in [1.807, 2.05) is 4.90 Å². The summed E-state index contributed by atoms with van der Waals surface area (Å²) in [5, 5.41) is 0. The topological polar surface area (TPSA) is 49.3 Å². The standard InChI is InChI=1S/C17H28N4O/c1-3-9-21(10-4-2)17-18-13-15(14-19-17)16(22)20-11-7-5-6-8-12-20/h13-14H,3-12H2,1-2H3. The van der Waals surface area contributed by atoms with Crippen LogP contribution in [0.1, 0.15) is 62.7 Å². The highest BCUT2D eigenvalue weighted by molar-refractivity contribution is 5.93. The Hall–Kier alpha value is -1.65. The number of likely N-dealkylation sites (tertiary alicyclic amines) is 1. The fourth-order valence-electron chi connectivity index (χ4n) is 2.90. The molecule has 1 aliphatic heterocycles. The summed E-state index contributed by atoms with van der Waals surface area (Å²) in [6.45, 7) is 7.93. The predicted molar refractivity (Wildman–Crippen MR) is 89.2 cm³/mol. The predicted octanol–water partition coefficient (Wildman–Crippen LogP) is 3.12. The Morgan fingerprint density at radius 3 is 2.09 bits per heavy atom. The van der Waals surface area contributed by atoms with Crippen molar-refractivity contribution in [3.63, 3.8) is 0 Å². The Kier molecular flexibility index (Phi) is 6.62. The first-order valence-electron chi connectivity index (χ1n) is 8.62. The highest BCUT2D eigenvalue weighted by atomic mass is 16.2. The molecular weight excluding hydrogens is 276 g/mol. The van der Waals surface area contributed by atoms with Crippen LogP contribution < -0.4 is 4.90 Å². The SMILES string of the molecule is CCCN(CCC)c1ncc(C(=O)N2CCCCCC2)cn1.